The Balaban J connectivity index is 1.26. The van der Waals surface area contributed by atoms with Crippen molar-refractivity contribution in [1.82, 2.24) is 15.5 Å². The molecule has 1 unspecified atom stereocenters. The van der Waals surface area contributed by atoms with Gasteiger partial charge in [0.15, 0.2) is 0 Å². The highest BCUT2D eigenvalue weighted by Gasteiger charge is 2.39. The predicted molar refractivity (Wildman–Crippen MR) is 178 cm³/mol. The summed E-state index contributed by atoms with van der Waals surface area (Å²) in [6.07, 6.45) is 3.35. The van der Waals surface area contributed by atoms with Crippen molar-refractivity contribution in [1.29, 1.82) is 0 Å². The van der Waals surface area contributed by atoms with E-state index in [1.165, 1.54) is 30.4 Å². The number of hydrogen-bond donors (Lipinski definition) is 2. The van der Waals surface area contributed by atoms with Crippen LogP contribution < -0.4 is 10.6 Å². The van der Waals surface area contributed by atoms with E-state index in [0.717, 1.165) is 38.9 Å². The number of amides is 1. The van der Waals surface area contributed by atoms with Gasteiger partial charge in [0.05, 0.1) is 23.5 Å². The Hall–Kier alpha value is -4.76. The maximum Gasteiger partial charge on any atom is 0.336 e. The van der Waals surface area contributed by atoms with Crippen molar-refractivity contribution in [3.63, 3.8) is 0 Å². The monoisotopic (exact) mass is 622 g/mol. The summed E-state index contributed by atoms with van der Waals surface area (Å²) in [6, 6.07) is 27.6. The largest absolute Gasteiger partial charge is 0.466 e. The average Bonchev–Trinajstić information content (AvgIpc) is 3.10. The third kappa shape index (κ3) is 6.74. The Kier molecular flexibility index (Phi) is 10.3. The van der Waals surface area contributed by atoms with Gasteiger partial charge in [-0.2, -0.15) is 0 Å². The number of nitro groups is 1. The molecule has 0 radical (unpaired) electrons. The number of dihydropyridines is 1. The molecule has 1 fully saturated rings. The molecule has 1 amide bonds. The van der Waals surface area contributed by atoms with E-state index in [9.17, 15) is 19.7 Å². The minimum atomic E-state index is -0.726. The predicted octanol–water partition coefficient (Wildman–Crippen LogP) is 5.98. The maximum atomic E-state index is 13.8. The van der Waals surface area contributed by atoms with Crippen LogP contribution in [0.4, 0.5) is 5.69 Å². The summed E-state index contributed by atoms with van der Waals surface area (Å²) >= 11 is 0. The van der Waals surface area contributed by atoms with Crippen LogP contribution in [0, 0.1) is 10.1 Å². The normalized spacial score (nSPS) is 18.1. The lowest BCUT2D eigenvalue weighted by Crippen LogP contribution is -2.44. The zero-order chi connectivity index (χ0) is 32.7. The SMILES string of the molecule is CCC1=C(C(=O)NCCCN2CCC(c3ccccc3)(c3ccccc3)CC2)C(c2ccc([N+](=O)[O-])cc2)C(C(=O)OC)=C(C)N1. The minimum absolute atomic E-state index is 0.0138. The van der Waals surface area contributed by atoms with E-state index in [-0.39, 0.29) is 17.0 Å². The van der Waals surface area contributed by atoms with Crippen LogP contribution >= 0.6 is 0 Å². The molecule has 0 saturated carbocycles. The van der Waals surface area contributed by atoms with Gasteiger partial charge in [-0.15, -0.1) is 0 Å². The number of allylic oxidation sites excluding steroid dienone is 2. The Morgan fingerprint density at radius 2 is 1.54 bits per heavy atom. The maximum absolute atomic E-state index is 13.8. The number of ether oxygens (including phenoxy) is 1. The Bertz CT molecular complexity index is 1570. The number of piperidine rings is 1. The van der Waals surface area contributed by atoms with Crippen molar-refractivity contribution in [3.8, 4) is 0 Å². The first-order valence-electron chi connectivity index (χ1n) is 15.9. The number of nitrogens with one attached hydrogen (secondary N) is 2. The molecule has 2 N–H and O–H groups in total. The minimum Gasteiger partial charge on any atom is -0.466 e. The number of carbonyl (C=O) groups excluding carboxylic acids is 2. The fourth-order valence-corrected chi connectivity index (χ4v) is 6.96. The molecule has 0 aromatic heterocycles. The van der Waals surface area contributed by atoms with Crippen molar-refractivity contribution < 1.29 is 19.2 Å². The van der Waals surface area contributed by atoms with Crippen LogP contribution in [-0.2, 0) is 19.7 Å². The number of nitrogens with zero attached hydrogens (tertiary/aromatic N) is 2. The topological polar surface area (TPSA) is 114 Å². The summed E-state index contributed by atoms with van der Waals surface area (Å²) in [5.74, 6) is -1.55. The van der Waals surface area contributed by atoms with Gasteiger partial charge in [0.1, 0.15) is 0 Å². The molecule has 0 aliphatic carbocycles. The molecular weight excluding hydrogens is 580 g/mol. The molecule has 3 aromatic rings. The first-order chi connectivity index (χ1) is 22.3. The summed E-state index contributed by atoms with van der Waals surface area (Å²) in [5, 5.41) is 17.6. The number of esters is 1. The Morgan fingerprint density at radius 3 is 2.07 bits per heavy atom. The quantitative estimate of drug-likeness (QED) is 0.117. The molecule has 5 rings (SSSR count). The molecule has 2 aliphatic rings. The second-order valence-corrected chi connectivity index (χ2v) is 11.9. The van der Waals surface area contributed by atoms with Gasteiger partial charge in [0.25, 0.3) is 5.69 Å². The number of rotatable bonds is 11. The molecule has 0 spiro atoms. The number of benzene rings is 3. The van der Waals surface area contributed by atoms with E-state index in [1.807, 2.05) is 6.92 Å². The van der Waals surface area contributed by atoms with E-state index in [4.69, 9.17) is 4.74 Å². The van der Waals surface area contributed by atoms with E-state index < -0.39 is 16.8 Å². The van der Waals surface area contributed by atoms with Crippen LogP contribution in [0.1, 0.15) is 62.1 Å². The third-order valence-electron chi connectivity index (χ3n) is 9.38. The zero-order valence-corrected chi connectivity index (χ0v) is 26.8. The first-order valence-corrected chi connectivity index (χ1v) is 15.9. The van der Waals surface area contributed by atoms with Crippen molar-refractivity contribution in [3.05, 3.63) is 134 Å². The van der Waals surface area contributed by atoms with Gasteiger partial charge in [-0.25, -0.2) is 4.79 Å². The molecule has 9 nitrogen and oxygen atoms in total. The molecule has 240 valence electrons. The second kappa shape index (κ2) is 14.6. The lowest BCUT2D eigenvalue weighted by atomic mass is 9.68. The van der Waals surface area contributed by atoms with Crippen LogP contribution in [0.3, 0.4) is 0 Å². The van der Waals surface area contributed by atoms with Crippen LogP contribution in [-0.4, -0.2) is 55.0 Å². The Labute approximate surface area is 270 Å². The number of likely N-dealkylation sites (tertiary alicyclic amines) is 1. The van der Waals surface area contributed by atoms with Gasteiger partial charge < -0.3 is 20.3 Å². The highest BCUT2D eigenvalue weighted by Crippen LogP contribution is 2.42. The van der Waals surface area contributed by atoms with Gasteiger partial charge in [-0.3, -0.25) is 14.9 Å². The molecule has 2 heterocycles. The Morgan fingerprint density at radius 1 is 0.957 bits per heavy atom. The first kappa shape index (κ1) is 32.6. The molecular formula is C37H42N4O5. The number of carbonyl (C=O) groups is 2. The summed E-state index contributed by atoms with van der Waals surface area (Å²) in [4.78, 5) is 40.1. The fraction of sp³-hybridized carbons (Fsp3) is 0.351. The lowest BCUT2D eigenvalue weighted by molar-refractivity contribution is -0.384. The molecule has 2 aliphatic heterocycles. The van der Waals surface area contributed by atoms with Gasteiger partial charge in [0.2, 0.25) is 5.91 Å². The number of non-ortho nitro benzene ring substituents is 1. The number of nitro benzene ring substituents is 1. The van der Waals surface area contributed by atoms with Crippen molar-refractivity contribution in [2.45, 2.75) is 50.9 Å². The van der Waals surface area contributed by atoms with Gasteiger partial charge >= 0.3 is 5.97 Å². The standard InChI is InChI=1S/C37H42N4O5/c1-4-31-34(33(32(26(2)39-31)36(43)46-3)27-16-18-30(19-17-27)41(44)45)35(42)38-22-11-23-40-24-20-37(21-25-40,28-12-7-5-8-13-28)29-14-9-6-10-15-29/h5-10,12-19,33,39H,4,11,20-25H2,1-3H3,(H,38,42). The van der Waals surface area contributed by atoms with E-state index in [2.05, 4.69) is 76.2 Å². The molecule has 9 heteroatoms. The lowest BCUT2D eigenvalue weighted by Gasteiger charge is -2.43. The van der Waals surface area contributed by atoms with Crippen molar-refractivity contribution in [2.24, 2.45) is 0 Å². The average molecular weight is 623 g/mol. The number of hydrogen-bond acceptors (Lipinski definition) is 7. The van der Waals surface area contributed by atoms with Gasteiger partial charge in [-0.1, -0.05) is 79.7 Å². The summed E-state index contributed by atoms with van der Waals surface area (Å²) in [7, 11) is 1.30. The van der Waals surface area contributed by atoms with Crippen molar-refractivity contribution >= 4 is 17.6 Å². The fourth-order valence-electron chi connectivity index (χ4n) is 6.96. The molecule has 46 heavy (non-hydrogen) atoms. The van der Waals surface area contributed by atoms with Crippen LogP contribution in [0.5, 0.6) is 0 Å². The molecule has 1 atom stereocenters. The van der Waals surface area contributed by atoms with E-state index in [1.54, 1.807) is 19.1 Å². The smallest absolute Gasteiger partial charge is 0.336 e. The molecule has 3 aromatic carbocycles. The third-order valence-corrected chi connectivity index (χ3v) is 9.38. The van der Waals surface area contributed by atoms with Crippen LogP contribution in [0.25, 0.3) is 0 Å². The summed E-state index contributed by atoms with van der Waals surface area (Å²) in [6.45, 7) is 6.97. The highest BCUT2D eigenvalue weighted by atomic mass is 16.6. The summed E-state index contributed by atoms with van der Waals surface area (Å²) < 4.78 is 5.10. The molecule has 1 saturated heterocycles. The molecule has 0 bridgehead atoms. The number of methoxy groups -OCH3 is 1. The van der Waals surface area contributed by atoms with Crippen LogP contribution in [0.15, 0.2) is 107 Å². The highest BCUT2D eigenvalue weighted by molar-refractivity contribution is 6.02. The summed E-state index contributed by atoms with van der Waals surface area (Å²) in [5.41, 5.74) is 5.28. The van der Waals surface area contributed by atoms with Crippen LogP contribution in [0.2, 0.25) is 0 Å². The van der Waals surface area contributed by atoms with Gasteiger partial charge in [-0.05, 0) is 68.9 Å². The zero-order valence-electron chi connectivity index (χ0n) is 26.8. The van der Waals surface area contributed by atoms with Gasteiger partial charge in [0, 0.05) is 41.1 Å². The van der Waals surface area contributed by atoms with E-state index >= 15 is 0 Å². The van der Waals surface area contributed by atoms with Crippen molar-refractivity contribution in [2.75, 3.05) is 33.3 Å². The van der Waals surface area contributed by atoms with E-state index in [0.29, 0.717) is 41.1 Å². The second-order valence-electron chi connectivity index (χ2n) is 11.9.